The number of benzene rings is 2. The minimum absolute atomic E-state index is 0.652. The molecule has 5 heteroatoms. The van der Waals surface area contributed by atoms with Crippen LogP contribution in [-0.2, 0) is 0 Å². The number of halogens is 3. The van der Waals surface area contributed by atoms with E-state index in [1.54, 1.807) is 42.5 Å². The van der Waals surface area contributed by atoms with E-state index in [1.165, 1.54) is 19.3 Å². The third-order valence-corrected chi connectivity index (χ3v) is 4.03. The standard InChI is InChI=1S/C7H5ClO.C6H4Cl2.C5H11N/c8-7-3-1-6(5-9)2-4-7;7-5-2-1-3-6(8)4-5;1-6-5-3-2-4-5/h1-5H;1-4H;5-6H,2-4H2,1H3. The lowest BCUT2D eigenvalue weighted by Gasteiger charge is -2.23. The highest BCUT2D eigenvalue weighted by Gasteiger charge is 2.13. The van der Waals surface area contributed by atoms with Crippen molar-refractivity contribution in [2.24, 2.45) is 0 Å². The van der Waals surface area contributed by atoms with Crippen molar-refractivity contribution in [3.8, 4) is 0 Å². The largest absolute Gasteiger partial charge is 0.317 e. The minimum atomic E-state index is 0.652. The topological polar surface area (TPSA) is 29.1 Å². The van der Waals surface area contributed by atoms with Crippen LogP contribution in [0.4, 0.5) is 0 Å². The van der Waals surface area contributed by atoms with E-state index < -0.39 is 0 Å². The van der Waals surface area contributed by atoms with E-state index >= 15 is 0 Å². The molecule has 0 heterocycles. The van der Waals surface area contributed by atoms with E-state index in [0.717, 1.165) is 12.3 Å². The molecule has 0 unspecified atom stereocenters. The zero-order chi connectivity index (χ0) is 17.1. The van der Waals surface area contributed by atoms with Gasteiger partial charge in [0.1, 0.15) is 6.29 Å². The molecule has 1 aliphatic carbocycles. The van der Waals surface area contributed by atoms with Crippen molar-refractivity contribution in [1.29, 1.82) is 0 Å². The number of hydrogen-bond acceptors (Lipinski definition) is 2. The molecule has 2 aromatic carbocycles. The molecule has 1 aliphatic rings. The summed E-state index contributed by atoms with van der Waals surface area (Å²) in [7, 11) is 2.03. The predicted molar refractivity (Wildman–Crippen MR) is 100 cm³/mol. The molecular formula is C18H20Cl3NO. The Morgan fingerprint density at radius 2 is 1.52 bits per heavy atom. The molecule has 0 amide bonds. The summed E-state index contributed by atoms with van der Waals surface area (Å²) in [5.41, 5.74) is 0.652. The van der Waals surface area contributed by atoms with Crippen LogP contribution in [0.5, 0.6) is 0 Å². The number of carbonyl (C=O) groups excluding carboxylic acids is 1. The average Bonchev–Trinajstić information content (AvgIpc) is 2.48. The van der Waals surface area contributed by atoms with Crippen LogP contribution in [0.1, 0.15) is 29.6 Å². The van der Waals surface area contributed by atoms with Crippen LogP contribution in [0.25, 0.3) is 0 Å². The number of carbonyl (C=O) groups is 1. The molecule has 3 rings (SSSR count). The van der Waals surface area contributed by atoms with Crippen molar-refractivity contribution < 1.29 is 4.79 Å². The molecule has 1 saturated carbocycles. The van der Waals surface area contributed by atoms with Gasteiger partial charge in [0.15, 0.2) is 0 Å². The fourth-order valence-corrected chi connectivity index (χ4v) is 2.26. The van der Waals surface area contributed by atoms with Crippen LogP contribution >= 0.6 is 34.8 Å². The summed E-state index contributed by atoms with van der Waals surface area (Å²) in [5.74, 6) is 0. The number of aldehydes is 1. The molecule has 0 atom stereocenters. The third kappa shape index (κ3) is 8.97. The van der Waals surface area contributed by atoms with Crippen LogP contribution in [-0.4, -0.2) is 19.4 Å². The minimum Gasteiger partial charge on any atom is -0.317 e. The maximum absolute atomic E-state index is 10.1. The molecule has 0 radical (unpaired) electrons. The van der Waals surface area contributed by atoms with E-state index in [-0.39, 0.29) is 0 Å². The number of hydrogen-bond donors (Lipinski definition) is 1. The van der Waals surface area contributed by atoms with E-state index in [4.69, 9.17) is 34.8 Å². The van der Waals surface area contributed by atoms with Gasteiger partial charge in [0.25, 0.3) is 0 Å². The summed E-state index contributed by atoms with van der Waals surface area (Å²) in [6.07, 6.45) is 5.02. The molecular weight excluding hydrogens is 353 g/mol. The highest BCUT2D eigenvalue weighted by Crippen LogP contribution is 2.16. The summed E-state index contributed by atoms with van der Waals surface area (Å²) in [6, 6.07) is 14.7. The summed E-state index contributed by atoms with van der Waals surface area (Å²) in [6.45, 7) is 0. The Morgan fingerprint density at radius 3 is 1.78 bits per heavy atom. The van der Waals surface area contributed by atoms with Gasteiger partial charge in [-0.25, -0.2) is 0 Å². The quantitative estimate of drug-likeness (QED) is 0.664. The van der Waals surface area contributed by atoms with Crippen molar-refractivity contribution in [1.82, 2.24) is 5.32 Å². The first-order valence-electron chi connectivity index (χ1n) is 7.34. The zero-order valence-electron chi connectivity index (χ0n) is 12.9. The average molecular weight is 373 g/mol. The SMILES string of the molecule is CNC1CCC1.Clc1cccc(Cl)c1.O=Cc1ccc(Cl)cc1. The molecule has 0 bridgehead atoms. The van der Waals surface area contributed by atoms with Gasteiger partial charge in [-0.2, -0.15) is 0 Å². The smallest absolute Gasteiger partial charge is 0.150 e. The molecule has 23 heavy (non-hydrogen) atoms. The number of nitrogens with one attached hydrogen (secondary N) is 1. The Morgan fingerprint density at radius 1 is 0.957 bits per heavy atom. The Balaban J connectivity index is 0.000000176. The van der Waals surface area contributed by atoms with Gasteiger partial charge in [0.2, 0.25) is 0 Å². The summed E-state index contributed by atoms with van der Waals surface area (Å²) >= 11 is 16.7. The van der Waals surface area contributed by atoms with Gasteiger partial charge >= 0.3 is 0 Å². The van der Waals surface area contributed by atoms with Crippen LogP contribution in [0, 0.1) is 0 Å². The van der Waals surface area contributed by atoms with E-state index in [0.29, 0.717) is 20.6 Å². The molecule has 2 nitrogen and oxygen atoms in total. The lowest BCUT2D eigenvalue weighted by molar-refractivity contribution is 0.112. The first-order valence-corrected chi connectivity index (χ1v) is 8.47. The van der Waals surface area contributed by atoms with Gasteiger partial charge in [-0.15, -0.1) is 0 Å². The van der Waals surface area contributed by atoms with Crippen molar-refractivity contribution in [2.75, 3.05) is 7.05 Å². The Bertz CT molecular complexity index is 563. The first kappa shape index (κ1) is 20.0. The van der Waals surface area contributed by atoms with Crippen LogP contribution in [0.15, 0.2) is 48.5 Å². The highest BCUT2D eigenvalue weighted by atomic mass is 35.5. The van der Waals surface area contributed by atoms with E-state index in [2.05, 4.69) is 5.32 Å². The fraction of sp³-hybridized carbons (Fsp3) is 0.278. The zero-order valence-corrected chi connectivity index (χ0v) is 15.2. The van der Waals surface area contributed by atoms with Crippen molar-refractivity contribution in [3.63, 3.8) is 0 Å². The summed E-state index contributed by atoms with van der Waals surface area (Å²) in [4.78, 5) is 10.1. The van der Waals surface area contributed by atoms with Crippen LogP contribution in [0.2, 0.25) is 15.1 Å². The lowest BCUT2D eigenvalue weighted by atomic mass is 9.94. The lowest BCUT2D eigenvalue weighted by Crippen LogP contribution is -2.31. The maximum atomic E-state index is 10.1. The Labute approximate surface area is 152 Å². The second kappa shape index (κ2) is 11.5. The molecule has 1 fully saturated rings. The van der Waals surface area contributed by atoms with Gasteiger partial charge < -0.3 is 5.32 Å². The van der Waals surface area contributed by atoms with E-state index in [9.17, 15) is 4.79 Å². The Kier molecular flexibility index (Phi) is 9.97. The maximum Gasteiger partial charge on any atom is 0.150 e. The second-order valence-electron chi connectivity index (χ2n) is 5.03. The first-order chi connectivity index (χ1) is 11.0. The molecule has 0 aromatic heterocycles. The van der Waals surface area contributed by atoms with Crippen LogP contribution < -0.4 is 5.32 Å². The fourth-order valence-electron chi connectivity index (χ4n) is 1.70. The third-order valence-electron chi connectivity index (χ3n) is 3.31. The van der Waals surface area contributed by atoms with Crippen molar-refractivity contribution >= 4 is 41.1 Å². The summed E-state index contributed by atoms with van der Waals surface area (Å²) < 4.78 is 0. The van der Waals surface area contributed by atoms with Gasteiger partial charge in [-0.05, 0) is 50.2 Å². The molecule has 0 saturated heterocycles. The van der Waals surface area contributed by atoms with Gasteiger partial charge in [0, 0.05) is 26.7 Å². The molecule has 124 valence electrons. The number of rotatable bonds is 2. The predicted octanol–water partition coefficient (Wildman–Crippen LogP) is 5.90. The highest BCUT2D eigenvalue weighted by molar-refractivity contribution is 6.34. The van der Waals surface area contributed by atoms with Gasteiger partial charge in [0.05, 0.1) is 0 Å². The molecule has 1 N–H and O–H groups in total. The van der Waals surface area contributed by atoms with Crippen LogP contribution in [0.3, 0.4) is 0 Å². The van der Waals surface area contributed by atoms with Gasteiger partial charge in [-0.1, -0.05) is 59.4 Å². The molecule has 0 spiro atoms. The summed E-state index contributed by atoms with van der Waals surface area (Å²) in [5, 5.41) is 5.21. The second-order valence-corrected chi connectivity index (χ2v) is 6.34. The van der Waals surface area contributed by atoms with Crippen molar-refractivity contribution in [3.05, 3.63) is 69.2 Å². The van der Waals surface area contributed by atoms with E-state index in [1.807, 2.05) is 13.1 Å². The monoisotopic (exact) mass is 371 g/mol. The molecule has 2 aromatic rings. The Hall–Kier alpha value is -1.06. The van der Waals surface area contributed by atoms with Crippen molar-refractivity contribution in [2.45, 2.75) is 25.3 Å². The van der Waals surface area contributed by atoms with Gasteiger partial charge in [-0.3, -0.25) is 4.79 Å². The normalized spacial score (nSPS) is 12.9. The molecule has 0 aliphatic heterocycles.